The molecule has 0 aliphatic heterocycles. The van der Waals surface area contributed by atoms with Crippen molar-refractivity contribution in [2.24, 2.45) is 0 Å². The van der Waals surface area contributed by atoms with Gasteiger partial charge in [-0.3, -0.25) is 4.79 Å². The molecule has 2 rings (SSSR count). The number of rotatable bonds is 9. The minimum atomic E-state index is -2.47. The fraction of sp³-hybridized carbons (Fsp3) is 0.316. The number of carbonyl (C=O) groups is 1. The molecule has 1 N–H and O–H groups in total. The molecule has 0 aromatic heterocycles. The van der Waals surface area contributed by atoms with Gasteiger partial charge in [-0.15, -0.1) is 0 Å². The predicted molar refractivity (Wildman–Crippen MR) is 101 cm³/mol. The molecule has 0 spiro atoms. The Bertz CT molecular complexity index is 744. The van der Waals surface area contributed by atoms with Crippen molar-refractivity contribution >= 4 is 23.4 Å². The molecular formula is C19H21F2NO4S. The smallest absolute Gasteiger partial charge is 0.288 e. The van der Waals surface area contributed by atoms with Gasteiger partial charge in [0.05, 0.1) is 21.3 Å². The van der Waals surface area contributed by atoms with E-state index in [-0.39, 0.29) is 12.3 Å². The van der Waals surface area contributed by atoms with Gasteiger partial charge in [-0.05, 0) is 48.4 Å². The third-order valence-corrected chi connectivity index (χ3v) is 4.45. The summed E-state index contributed by atoms with van der Waals surface area (Å²) < 4.78 is 40.5. The minimum absolute atomic E-state index is 0.182. The number of amides is 1. The van der Waals surface area contributed by atoms with E-state index in [1.807, 2.05) is 0 Å². The van der Waals surface area contributed by atoms with Gasteiger partial charge in [0.1, 0.15) is 0 Å². The largest absolute Gasteiger partial charge is 0.493 e. The first-order chi connectivity index (χ1) is 13.0. The normalized spacial score (nSPS) is 10.6. The summed E-state index contributed by atoms with van der Waals surface area (Å²) in [7, 11) is 4.59. The summed E-state index contributed by atoms with van der Waals surface area (Å²) in [5.74, 6) is -1.10. The second-order valence-corrected chi connectivity index (χ2v) is 6.55. The monoisotopic (exact) mass is 397 g/mol. The van der Waals surface area contributed by atoms with Crippen molar-refractivity contribution in [1.82, 2.24) is 0 Å². The molecule has 1 amide bonds. The number of benzene rings is 2. The number of halogens is 2. The van der Waals surface area contributed by atoms with Crippen LogP contribution in [0.2, 0.25) is 0 Å². The second-order valence-electron chi connectivity index (χ2n) is 5.48. The lowest BCUT2D eigenvalue weighted by atomic mass is 10.1. The van der Waals surface area contributed by atoms with Crippen molar-refractivity contribution in [2.45, 2.75) is 23.5 Å². The number of methoxy groups -OCH3 is 3. The molecule has 27 heavy (non-hydrogen) atoms. The number of anilines is 1. The summed E-state index contributed by atoms with van der Waals surface area (Å²) in [6.45, 7) is 0. The lowest BCUT2D eigenvalue weighted by molar-refractivity contribution is -0.116. The van der Waals surface area contributed by atoms with Crippen LogP contribution in [0.15, 0.2) is 41.3 Å². The van der Waals surface area contributed by atoms with Crippen LogP contribution in [0.5, 0.6) is 17.2 Å². The van der Waals surface area contributed by atoms with Crippen LogP contribution in [-0.4, -0.2) is 33.0 Å². The summed E-state index contributed by atoms with van der Waals surface area (Å²) >= 11 is 0.463. The Morgan fingerprint density at radius 1 is 1.04 bits per heavy atom. The van der Waals surface area contributed by atoms with Gasteiger partial charge in [0.15, 0.2) is 11.5 Å². The highest BCUT2D eigenvalue weighted by Crippen LogP contribution is 2.38. The van der Waals surface area contributed by atoms with Crippen LogP contribution >= 0.6 is 11.8 Å². The molecule has 0 saturated carbocycles. The Labute approximate surface area is 161 Å². The molecule has 2 aromatic rings. The van der Waals surface area contributed by atoms with Gasteiger partial charge in [-0.2, -0.15) is 8.78 Å². The maximum absolute atomic E-state index is 12.3. The first-order valence-electron chi connectivity index (χ1n) is 8.10. The number of ether oxygens (including phenoxy) is 3. The van der Waals surface area contributed by atoms with Gasteiger partial charge in [0.25, 0.3) is 5.76 Å². The number of carbonyl (C=O) groups excluding carboxylic acids is 1. The molecule has 0 fully saturated rings. The number of alkyl halides is 2. The standard InChI is InChI=1S/C19H21F2NO4S/c1-24-15-10-12(11-16(25-2)18(15)26-3)4-9-17(23)22-13-5-7-14(8-6-13)27-19(20)21/h5-8,10-11,19H,4,9H2,1-3H3,(H,22,23). The number of hydrogen-bond donors (Lipinski definition) is 1. The molecular weight excluding hydrogens is 376 g/mol. The van der Waals surface area contributed by atoms with Crippen LogP contribution in [0, 0.1) is 0 Å². The van der Waals surface area contributed by atoms with Crippen molar-refractivity contribution in [3.8, 4) is 17.2 Å². The van der Waals surface area contributed by atoms with E-state index in [1.54, 1.807) is 36.4 Å². The summed E-state index contributed by atoms with van der Waals surface area (Å²) in [4.78, 5) is 12.6. The molecule has 5 nitrogen and oxygen atoms in total. The predicted octanol–water partition coefficient (Wildman–Crippen LogP) is 4.60. The van der Waals surface area contributed by atoms with Gasteiger partial charge in [0, 0.05) is 17.0 Å². The maximum Gasteiger partial charge on any atom is 0.288 e. The zero-order valence-electron chi connectivity index (χ0n) is 15.3. The van der Waals surface area contributed by atoms with Gasteiger partial charge in [-0.1, -0.05) is 11.8 Å². The number of nitrogens with one attached hydrogen (secondary N) is 1. The lowest BCUT2D eigenvalue weighted by Crippen LogP contribution is -2.12. The number of aryl methyl sites for hydroxylation is 1. The molecule has 0 atom stereocenters. The Kier molecular flexibility index (Phi) is 7.72. The lowest BCUT2D eigenvalue weighted by Gasteiger charge is -2.14. The van der Waals surface area contributed by atoms with Crippen LogP contribution < -0.4 is 19.5 Å². The Morgan fingerprint density at radius 2 is 1.63 bits per heavy atom. The molecule has 0 aliphatic rings. The first kappa shape index (κ1) is 20.8. The quantitative estimate of drug-likeness (QED) is 0.627. The zero-order valence-corrected chi connectivity index (χ0v) is 16.1. The van der Waals surface area contributed by atoms with E-state index in [2.05, 4.69) is 5.32 Å². The van der Waals surface area contributed by atoms with Crippen molar-refractivity contribution < 1.29 is 27.8 Å². The fourth-order valence-electron chi connectivity index (χ4n) is 2.48. The third-order valence-electron chi connectivity index (χ3n) is 3.73. The Hall–Kier alpha value is -2.48. The topological polar surface area (TPSA) is 56.8 Å². The highest BCUT2D eigenvalue weighted by atomic mass is 32.2. The van der Waals surface area contributed by atoms with Crippen molar-refractivity contribution in [1.29, 1.82) is 0 Å². The fourth-order valence-corrected chi connectivity index (χ4v) is 2.98. The molecule has 0 aliphatic carbocycles. The van der Waals surface area contributed by atoms with Gasteiger partial charge < -0.3 is 19.5 Å². The van der Waals surface area contributed by atoms with Crippen molar-refractivity contribution in [2.75, 3.05) is 26.6 Å². The van der Waals surface area contributed by atoms with Crippen LogP contribution in [0.4, 0.5) is 14.5 Å². The van der Waals surface area contributed by atoms with Crippen molar-refractivity contribution in [3.63, 3.8) is 0 Å². The van der Waals surface area contributed by atoms with E-state index in [0.717, 1.165) is 5.56 Å². The molecule has 0 bridgehead atoms. The third kappa shape index (κ3) is 6.02. The number of hydrogen-bond acceptors (Lipinski definition) is 5. The first-order valence-corrected chi connectivity index (χ1v) is 8.98. The maximum atomic E-state index is 12.3. The zero-order chi connectivity index (χ0) is 19.8. The van der Waals surface area contributed by atoms with Gasteiger partial charge >= 0.3 is 0 Å². The Balaban J connectivity index is 1.97. The minimum Gasteiger partial charge on any atom is -0.493 e. The summed E-state index contributed by atoms with van der Waals surface area (Å²) in [6.07, 6.45) is 0.716. The van der Waals surface area contributed by atoms with E-state index in [1.165, 1.54) is 21.3 Å². The molecule has 0 saturated heterocycles. The second kappa shape index (κ2) is 10.0. The summed E-state index contributed by atoms with van der Waals surface area (Å²) in [6, 6.07) is 9.89. The molecule has 0 unspecified atom stereocenters. The molecule has 8 heteroatoms. The number of thioether (sulfide) groups is 1. The highest BCUT2D eigenvalue weighted by Gasteiger charge is 2.14. The Morgan fingerprint density at radius 3 is 2.11 bits per heavy atom. The van der Waals surface area contributed by atoms with E-state index < -0.39 is 5.76 Å². The highest BCUT2D eigenvalue weighted by molar-refractivity contribution is 7.99. The van der Waals surface area contributed by atoms with Crippen LogP contribution in [0.1, 0.15) is 12.0 Å². The van der Waals surface area contributed by atoms with Crippen LogP contribution in [0.3, 0.4) is 0 Å². The summed E-state index contributed by atoms with van der Waals surface area (Å²) in [5, 5.41) is 2.75. The molecule has 0 heterocycles. The van der Waals surface area contributed by atoms with Gasteiger partial charge in [0.2, 0.25) is 11.7 Å². The van der Waals surface area contributed by atoms with Crippen LogP contribution in [-0.2, 0) is 11.2 Å². The van der Waals surface area contributed by atoms with Crippen molar-refractivity contribution in [3.05, 3.63) is 42.0 Å². The average Bonchev–Trinajstić information content (AvgIpc) is 2.66. The van der Waals surface area contributed by atoms with E-state index in [9.17, 15) is 13.6 Å². The SMILES string of the molecule is COc1cc(CCC(=O)Nc2ccc(SC(F)F)cc2)cc(OC)c1OC. The van der Waals surface area contributed by atoms with Crippen LogP contribution in [0.25, 0.3) is 0 Å². The molecule has 0 radical (unpaired) electrons. The van der Waals surface area contributed by atoms with E-state index in [4.69, 9.17) is 14.2 Å². The summed E-state index contributed by atoms with van der Waals surface area (Å²) in [5.41, 5.74) is 1.42. The molecule has 146 valence electrons. The van der Waals surface area contributed by atoms with E-state index >= 15 is 0 Å². The van der Waals surface area contributed by atoms with Gasteiger partial charge in [-0.25, -0.2) is 0 Å². The molecule has 2 aromatic carbocycles. The average molecular weight is 397 g/mol. The van der Waals surface area contributed by atoms with E-state index in [0.29, 0.717) is 46.0 Å².